The van der Waals surface area contributed by atoms with Gasteiger partial charge in [-0.1, -0.05) is 66.4 Å². The van der Waals surface area contributed by atoms with Crippen LogP contribution in [0.5, 0.6) is 11.5 Å². The standard InChI is InChI=1S/C46H28N6OS/c1-50-27-51-39-24-31(53-30-18-20-33-32-11-2-3-13-36(32)52(38(33)23-30)42-17-4-5-22-49-42)19-21-34(39)46(35-12-8-14-37(50)45(35)51)43-28(25-47)9-6-15-40(43)54-41-16-7-10-29(26-48)44(41)46/h2-24H,27H2,1H3. The monoisotopic (exact) mass is 712 g/mol. The summed E-state index contributed by atoms with van der Waals surface area (Å²) in [5.74, 6) is 2.23. The van der Waals surface area contributed by atoms with E-state index in [1.807, 2.05) is 60.8 Å². The van der Waals surface area contributed by atoms with Crippen molar-refractivity contribution in [2.24, 2.45) is 0 Å². The SMILES string of the molecule is CN1CN2c3cc(Oc4ccc5c6ccccc6n(-c6ccccn6)c5c4)ccc3C3(c4cccc1c42)c1c(C#N)cccc1Sc1cccc(C#N)c13. The number of para-hydroxylation sites is 2. The molecule has 6 aromatic carbocycles. The topological polar surface area (TPSA) is 81.1 Å². The third-order valence-electron chi connectivity index (χ3n) is 11.1. The molecule has 0 atom stereocenters. The molecular formula is C46H28N6OS. The van der Waals surface area contributed by atoms with Crippen LogP contribution in [0, 0.1) is 22.7 Å². The summed E-state index contributed by atoms with van der Waals surface area (Å²) < 4.78 is 8.97. The Labute approximate surface area is 315 Å². The number of pyridine rings is 1. The number of anilines is 3. The van der Waals surface area contributed by atoms with Gasteiger partial charge in [-0.15, -0.1) is 0 Å². The van der Waals surface area contributed by atoms with Crippen molar-refractivity contribution in [2.45, 2.75) is 15.2 Å². The quantitative estimate of drug-likeness (QED) is 0.180. The number of hydrogen-bond acceptors (Lipinski definition) is 7. The lowest BCUT2D eigenvalue weighted by molar-refractivity contribution is 0.482. The molecule has 0 amide bonds. The van der Waals surface area contributed by atoms with Crippen LogP contribution in [-0.2, 0) is 5.41 Å². The molecule has 0 aliphatic carbocycles. The van der Waals surface area contributed by atoms with Crippen LogP contribution in [0.2, 0.25) is 0 Å². The van der Waals surface area contributed by atoms with Crippen molar-refractivity contribution in [2.75, 3.05) is 23.5 Å². The summed E-state index contributed by atoms with van der Waals surface area (Å²) in [6, 6.07) is 50.3. The Morgan fingerprint density at radius 3 is 2.13 bits per heavy atom. The molecule has 5 heterocycles. The minimum Gasteiger partial charge on any atom is -0.457 e. The van der Waals surface area contributed by atoms with Crippen LogP contribution in [0.3, 0.4) is 0 Å². The van der Waals surface area contributed by atoms with Crippen molar-refractivity contribution < 1.29 is 4.74 Å². The van der Waals surface area contributed by atoms with E-state index in [1.165, 1.54) is 0 Å². The number of fused-ring (bicyclic) bond motifs is 11. The van der Waals surface area contributed by atoms with Crippen LogP contribution < -0.4 is 14.5 Å². The molecule has 254 valence electrons. The van der Waals surface area contributed by atoms with E-state index in [2.05, 4.69) is 112 Å². The number of benzene rings is 6. The van der Waals surface area contributed by atoms with E-state index in [4.69, 9.17) is 9.72 Å². The van der Waals surface area contributed by atoms with Gasteiger partial charge in [-0.3, -0.25) is 4.57 Å². The number of nitriles is 2. The highest BCUT2D eigenvalue weighted by atomic mass is 32.2. The van der Waals surface area contributed by atoms with Crippen LogP contribution in [0.25, 0.3) is 27.6 Å². The highest BCUT2D eigenvalue weighted by Gasteiger charge is 2.54. The Kier molecular flexibility index (Phi) is 6.38. The summed E-state index contributed by atoms with van der Waals surface area (Å²) in [6.45, 7) is 0.642. The van der Waals surface area contributed by atoms with Crippen LogP contribution in [0.1, 0.15) is 33.4 Å². The zero-order valence-electron chi connectivity index (χ0n) is 29.0. The van der Waals surface area contributed by atoms with E-state index in [9.17, 15) is 10.5 Å². The maximum atomic E-state index is 10.7. The maximum Gasteiger partial charge on any atom is 0.137 e. The van der Waals surface area contributed by atoms with Gasteiger partial charge in [0.1, 0.15) is 17.3 Å². The molecule has 1 spiro atoms. The van der Waals surface area contributed by atoms with Gasteiger partial charge >= 0.3 is 0 Å². The molecule has 0 bridgehead atoms. The fourth-order valence-electron chi connectivity index (χ4n) is 9.10. The summed E-state index contributed by atoms with van der Waals surface area (Å²) in [5.41, 5.74) is 9.40. The van der Waals surface area contributed by atoms with Gasteiger partial charge in [0.25, 0.3) is 0 Å². The van der Waals surface area contributed by atoms with Crippen LogP contribution >= 0.6 is 11.8 Å². The molecule has 0 saturated heterocycles. The van der Waals surface area contributed by atoms with Gasteiger partial charge in [0, 0.05) is 57.1 Å². The second-order valence-electron chi connectivity index (χ2n) is 13.9. The highest BCUT2D eigenvalue weighted by molar-refractivity contribution is 7.99. The number of hydrogen-bond donors (Lipinski definition) is 0. The van der Waals surface area contributed by atoms with E-state index in [1.54, 1.807) is 11.8 Å². The first-order valence-corrected chi connectivity index (χ1v) is 18.6. The molecule has 54 heavy (non-hydrogen) atoms. The van der Waals surface area contributed by atoms with Crippen LogP contribution in [0.15, 0.2) is 149 Å². The maximum absolute atomic E-state index is 10.7. The predicted octanol–water partition coefficient (Wildman–Crippen LogP) is 10.4. The lowest BCUT2D eigenvalue weighted by atomic mass is 9.60. The highest BCUT2D eigenvalue weighted by Crippen LogP contribution is 2.65. The molecule has 0 saturated carbocycles. The van der Waals surface area contributed by atoms with Crippen LogP contribution in [0.4, 0.5) is 17.1 Å². The zero-order valence-corrected chi connectivity index (χ0v) is 29.8. The minimum atomic E-state index is -0.933. The zero-order chi connectivity index (χ0) is 36.1. The Bertz CT molecular complexity index is 2930. The van der Waals surface area contributed by atoms with Crippen molar-refractivity contribution in [1.29, 1.82) is 10.5 Å². The fourth-order valence-corrected chi connectivity index (χ4v) is 10.4. The van der Waals surface area contributed by atoms with E-state index < -0.39 is 5.41 Å². The molecule has 7 nitrogen and oxygen atoms in total. The smallest absolute Gasteiger partial charge is 0.137 e. The number of aromatic nitrogens is 2. The molecule has 0 N–H and O–H groups in total. The molecule has 0 unspecified atom stereocenters. The summed E-state index contributed by atoms with van der Waals surface area (Å²) in [6.07, 6.45) is 1.82. The molecule has 0 radical (unpaired) electrons. The summed E-state index contributed by atoms with van der Waals surface area (Å²) in [5, 5.41) is 23.7. The van der Waals surface area contributed by atoms with Crippen molar-refractivity contribution in [1.82, 2.24) is 9.55 Å². The van der Waals surface area contributed by atoms with Crippen molar-refractivity contribution in [3.8, 4) is 29.5 Å². The lowest BCUT2D eigenvalue weighted by Gasteiger charge is -2.48. The van der Waals surface area contributed by atoms with Crippen LogP contribution in [-0.4, -0.2) is 23.3 Å². The average Bonchev–Trinajstić information content (AvgIpc) is 3.74. The lowest BCUT2D eigenvalue weighted by Crippen LogP contribution is -2.41. The molecule has 3 aliphatic heterocycles. The average molecular weight is 713 g/mol. The third kappa shape index (κ3) is 3.98. The molecule has 11 rings (SSSR count). The second-order valence-corrected chi connectivity index (χ2v) is 15.0. The summed E-state index contributed by atoms with van der Waals surface area (Å²) in [4.78, 5) is 11.3. The first kappa shape index (κ1) is 30.6. The van der Waals surface area contributed by atoms with Gasteiger partial charge in [-0.25, -0.2) is 4.98 Å². The normalized spacial score (nSPS) is 14.3. The number of nitrogens with zero attached hydrogens (tertiary/aromatic N) is 6. The molecule has 8 heteroatoms. The van der Waals surface area contributed by atoms with Crippen molar-refractivity contribution in [3.63, 3.8) is 0 Å². The van der Waals surface area contributed by atoms with Gasteiger partial charge in [0.05, 0.1) is 63.4 Å². The summed E-state index contributed by atoms with van der Waals surface area (Å²) in [7, 11) is 2.11. The van der Waals surface area contributed by atoms with Gasteiger partial charge < -0.3 is 14.5 Å². The molecular weight excluding hydrogens is 685 g/mol. The molecule has 0 fully saturated rings. The minimum absolute atomic E-state index is 0.596. The Morgan fingerprint density at radius 2 is 1.37 bits per heavy atom. The van der Waals surface area contributed by atoms with Gasteiger partial charge in [0.15, 0.2) is 0 Å². The Hall–Kier alpha value is -7.00. The first-order valence-electron chi connectivity index (χ1n) is 17.7. The largest absolute Gasteiger partial charge is 0.457 e. The van der Waals surface area contributed by atoms with Gasteiger partial charge in [0.2, 0.25) is 0 Å². The van der Waals surface area contributed by atoms with Crippen molar-refractivity contribution >= 4 is 50.6 Å². The predicted molar refractivity (Wildman–Crippen MR) is 212 cm³/mol. The van der Waals surface area contributed by atoms with Crippen molar-refractivity contribution in [3.05, 3.63) is 173 Å². The molecule has 8 aromatic rings. The first-order chi connectivity index (χ1) is 26.6. The second kappa shape index (κ2) is 11.2. The van der Waals surface area contributed by atoms with E-state index >= 15 is 0 Å². The van der Waals surface area contributed by atoms with E-state index in [-0.39, 0.29) is 0 Å². The van der Waals surface area contributed by atoms with E-state index in [0.717, 1.165) is 76.7 Å². The fraction of sp³-hybridized carbons (Fsp3) is 0.0652. The Balaban J connectivity index is 1.15. The Morgan fingerprint density at radius 1 is 0.667 bits per heavy atom. The number of rotatable bonds is 3. The van der Waals surface area contributed by atoms with Gasteiger partial charge in [-0.2, -0.15) is 10.5 Å². The third-order valence-corrected chi connectivity index (χ3v) is 12.3. The summed E-state index contributed by atoms with van der Waals surface area (Å²) >= 11 is 1.63. The van der Waals surface area contributed by atoms with E-state index in [0.29, 0.717) is 29.3 Å². The molecule has 3 aliphatic rings. The van der Waals surface area contributed by atoms with Gasteiger partial charge in [-0.05, 0) is 77.9 Å². The molecule has 2 aromatic heterocycles. The number of ether oxygens (including phenoxy) is 1.